The number of halogens is 1. The van der Waals surface area contributed by atoms with Crippen molar-refractivity contribution in [2.75, 3.05) is 6.54 Å². The number of hydrogen-bond acceptors (Lipinski definition) is 3. The molecule has 0 saturated carbocycles. The number of carbonyl (C=O) groups excluding carboxylic acids is 1. The molecule has 1 aromatic carbocycles. The van der Waals surface area contributed by atoms with E-state index in [0.717, 1.165) is 0 Å². The summed E-state index contributed by atoms with van der Waals surface area (Å²) in [5.74, 6) is -0.0461. The van der Waals surface area contributed by atoms with Crippen LogP contribution in [0.1, 0.15) is 20.8 Å². The van der Waals surface area contributed by atoms with Crippen molar-refractivity contribution < 1.29 is 13.2 Å². The smallest absolute Gasteiger partial charge is 0.241 e. The second-order valence-electron chi connectivity index (χ2n) is 4.94. The maximum Gasteiger partial charge on any atom is 0.241 e. The molecule has 0 aromatic heterocycles. The summed E-state index contributed by atoms with van der Waals surface area (Å²) in [6, 6.07) is 4.92. The normalized spacial score (nSPS) is 13.2. The van der Waals surface area contributed by atoms with Gasteiger partial charge in [0.1, 0.15) is 0 Å². The van der Waals surface area contributed by atoms with E-state index in [-0.39, 0.29) is 10.8 Å². The summed E-state index contributed by atoms with van der Waals surface area (Å²) >= 11 is 5.71. The van der Waals surface area contributed by atoms with Gasteiger partial charge < -0.3 is 5.32 Å². The Morgan fingerprint density at radius 1 is 1.20 bits per heavy atom. The lowest BCUT2D eigenvalue weighted by molar-refractivity contribution is -0.122. The van der Waals surface area contributed by atoms with Crippen LogP contribution in [0, 0.1) is 5.92 Å². The SMILES string of the molecule is CC(C)CNC(=O)C(C)NS(=O)(=O)c1ccc(Cl)cc1. The molecular weight excluding hydrogens is 300 g/mol. The second kappa shape index (κ2) is 7.06. The second-order valence-corrected chi connectivity index (χ2v) is 7.09. The van der Waals surface area contributed by atoms with Crippen LogP contribution in [0.4, 0.5) is 0 Å². The zero-order valence-electron chi connectivity index (χ0n) is 11.7. The fraction of sp³-hybridized carbons (Fsp3) is 0.462. The molecule has 1 amide bonds. The van der Waals surface area contributed by atoms with Gasteiger partial charge in [0.15, 0.2) is 0 Å². The fourth-order valence-electron chi connectivity index (χ4n) is 1.43. The molecule has 0 aliphatic carbocycles. The van der Waals surface area contributed by atoms with Gasteiger partial charge in [-0.25, -0.2) is 8.42 Å². The molecule has 5 nitrogen and oxygen atoms in total. The minimum Gasteiger partial charge on any atom is -0.354 e. The summed E-state index contributed by atoms with van der Waals surface area (Å²) in [7, 11) is -3.73. The molecule has 0 radical (unpaired) electrons. The average Bonchev–Trinajstić information content (AvgIpc) is 2.35. The highest BCUT2D eigenvalue weighted by Crippen LogP contribution is 2.14. The van der Waals surface area contributed by atoms with Crippen LogP contribution < -0.4 is 10.0 Å². The minimum atomic E-state index is -3.73. The minimum absolute atomic E-state index is 0.0745. The monoisotopic (exact) mass is 318 g/mol. The van der Waals surface area contributed by atoms with Crippen LogP contribution in [0.15, 0.2) is 29.2 Å². The molecule has 20 heavy (non-hydrogen) atoms. The topological polar surface area (TPSA) is 75.3 Å². The van der Waals surface area contributed by atoms with Crippen LogP contribution in [0.2, 0.25) is 5.02 Å². The summed E-state index contributed by atoms with van der Waals surface area (Å²) in [6.45, 7) is 5.93. The van der Waals surface area contributed by atoms with Crippen molar-refractivity contribution in [2.24, 2.45) is 5.92 Å². The van der Waals surface area contributed by atoms with Crippen molar-refractivity contribution in [3.63, 3.8) is 0 Å². The van der Waals surface area contributed by atoms with Crippen LogP contribution in [0.25, 0.3) is 0 Å². The van der Waals surface area contributed by atoms with Gasteiger partial charge in [0.25, 0.3) is 0 Å². The third-order valence-electron chi connectivity index (χ3n) is 2.53. The maximum atomic E-state index is 12.1. The van der Waals surface area contributed by atoms with Gasteiger partial charge in [-0.15, -0.1) is 0 Å². The van der Waals surface area contributed by atoms with Crippen LogP contribution >= 0.6 is 11.6 Å². The van der Waals surface area contributed by atoms with Crippen LogP contribution in [0.5, 0.6) is 0 Å². The number of benzene rings is 1. The third-order valence-corrected chi connectivity index (χ3v) is 4.34. The van der Waals surface area contributed by atoms with E-state index in [2.05, 4.69) is 10.0 Å². The molecule has 1 unspecified atom stereocenters. The van der Waals surface area contributed by atoms with Gasteiger partial charge in [0.05, 0.1) is 10.9 Å². The number of rotatable bonds is 6. The Balaban J connectivity index is 2.70. The summed E-state index contributed by atoms with van der Waals surface area (Å²) in [4.78, 5) is 11.8. The van der Waals surface area contributed by atoms with Gasteiger partial charge in [0, 0.05) is 11.6 Å². The quantitative estimate of drug-likeness (QED) is 0.839. The van der Waals surface area contributed by atoms with Crippen molar-refractivity contribution in [3.05, 3.63) is 29.3 Å². The molecule has 0 aliphatic heterocycles. The summed E-state index contributed by atoms with van der Waals surface area (Å²) in [5.41, 5.74) is 0. The highest BCUT2D eigenvalue weighted by atomic mass is 35.5. The first-order chi connectivity index (χ1) is 9.22. The van der Waals surface area contributed by atoms with E-state index >= 15 is 0 Å². The van der Waals surface area contributed by atoms with Gasteiger partial charge in [-0.2, -0.15) is 4.72 Å². The Hall–Kier alpha value is -1.11. The Morgan fingerprint density at radius 3 is 2.25 bits per heavy atom. The zero-order chi connectivity index (χ0) is 15.3. The van der Waals surface area contributed by atoms with Gasteiger partial charge in [-0.05, 0) is 37.1 Å². The molecule has 1 rings (SSSR count). The van der Waals surface area contributed by atoms with Crippen LogP contribution in [-0.2, 0) is 14.8 Å². The predicted octanol–water partition coefficient (Wildman–Crippen LogP) is 1.78. The van der Waals surface area contributed by atoms with E-state index < -0.39 is 16.1 Å². The van der Waals surface area contributed by atoms with E-state index in [0.29, 0.717) is 17.5 Å². The van der Waals surface area contributed by atoms with Crippen molar-refractivity contribution >= 4 is 27.5 Å². The van der Waals surface area contributed by atoms with Crippen molar-refractivity contribution in [1.82, 2.24) is 10.0 Å². The Bertz CT molecular complexity index is 555. The first-order valence-electron chi connectivity index (χ1n) is 6.28. The fourth-order valence-corrected chi connectivity index (χ4v) is 2.75. The first-order valence-corrected chi connectivity index (χ1v) is 8.14. The number of hydrogen-bond donors (Lipinski definition) is 2. The molecule has 0 heterocycles. The summed E-state index contributed by atoms with van der Waals surface area (Å²) in [6.07, 6.45) is 0. The number of sulfonamides is 1. The number of carbonyl (C=O) groups is 1. The molecular formula is C13H19ClN2O3S. The van der Waals surface area contributed by atoms with E-state index in [4.69, 9.17) is 11.6 Å². The lowest BCUT2D eigenvalue weighted by Crippen LogP contribution is -2.45. The van der Waals surface area contributed by atoms with E-state index in [1.54, 1.807) is 0 Å². The molecule has 2 N–H and O–H groups in total. The molecule has 0 saturated heterocycles. The average molecular weight is 319 g/mol. The standard InChI is InChI=1S/C13H19ClN2O3S/c1-9(2)8-15-13(17)10(3)16-20(18,19)12-6-4-11(14)5-7-12/h4-7,9-10,16H,8H2,1-3H3,(H,15,17). The first kappa shape index (κ1) is 16.9. The molecule has 0 spiro atoms. The van der Waals surface area contributed by atoms with Gasteiger partial charge in [-0.1, -0.05) is 25.4 Å². The van der Waals surface area contributed by atoms with Gasteiger partial charge >= 0.3 is 0 Å². The molecule has 1 atom stereocenters. The molecule has 0 aliphatic rings. The van der Waals surface area contributed by atoms with Gasteiger partial charge in [0.2, 0.25) is 15.9 Å². The lowest BCUT2D eigenvalue weighted by atomic mass is 10.2. The zero-order valence-corrected chi connectivity index (χ0v) is 13.3. The molecule has 7 heteroatoms. The Labute approximate surface area is 124 Å². The molecule has 0 bridgehead atoms. The van der Waals surface area contributed by atoms with Crippen molar-refractivity contribution in [1.29, 1.82) is 0 Å². The molecule has 112 valence electrons. The predicted molar refractivity (Wildman–Crippen MR) is 79.1 cm³/mol. The van der Waals surface area contributed by atoms with E-state index in [1.165, 1.54) is 31.2 Å². The van der Waals surface area contributed by atoms with Crippen LogP contribution in [0.3, 0.4) is 0 Å². The molecule has 1 aromatic rings. The van der Waals surface area contributed by atoms with Crippen molar-refractivity contribution in [3.8, 4) is 0 Å². The molecule has 0 fully saturated rings. The summed E-state index contributed by atoms with van der Waals surface area (Å²) < 4.78 is 26.5. The number of nitrogens with one attached hydrogen (secondary N) is 2. The van der Waals surface area contributed by atoms with E-state index in [1.807, 2.05) is 13.8 Å². The highest BCUT2D eigenvalue weighted by molar-refractivity contribution is 7.89. The largest absolute Gasteiger partial charge is 0.354 e. The van der Waals surface area contributed by atoms with Crippen LogP contribution in [-0.4, -0.2) is 26.9 Å². The van der Waals surface area contributed by atoms with Gasteiger partial charge in [-0.3, -0.25) is 4.79 Å². The third kappa shape index (κ3) is 5.11. The summed E-state index contributed by atoms with van der Waals surface area (Å²) in [5, 5.41) is 3.13. The number of amides is 1. The Kier molecular flexibility index (Phi) is 5.98. The Morgan fingerprint density at radius 2 is 1.75 bits per heavy atom. The van der Waals surface area contributed by atoms with Crippen molar-refractivity contribution in [2.45, 2.75) is 31.7 Å². The maximum absolute atomic E-state index is 12.1. The highest BCUT2D eigenvalue weighted by Gasteiger charge is 2.21. The lowest BCUT2D eigenvalue weighted by Gasteiger charge is -2.15. The van der Waals surface area contributed by atoms with E-state index in [9.17, 15) is 13.2 Å².